The third-order valence-corrected chi connectivity index (χ3v) is 6.38. The standard InChI is InChI=1S/C10H12N4O2S2/c15-18(16)4-3-7(5-18)9-13-14-8(6-1-2-6)11-12-10(14)17-9/h6-7H,1-5H2. The number of nitrogens with zero attached hydrogens (tertiary/aromatic N) is 4. The molecule has 2 aliphatic rings. The number of hydrogen-bond acceptors (Lipinski definition) is 6. The fourth-order valence-electron chi connectivity index (χ4n) is 2.40. The molecule has 0 bridgehead atoms. The van der Waals surface area contributed by atoms with Crippen LogP contribution in [0, 0.1) is 0 Å². The van der Waals surface area contributed by atoms with E-state index in [1.54, 1.807) is 0 Å². The summed E-state index contributed by atoms with van der Waals surface area (Å²) >= 11 is 1.48. The van der Waals surface area contributed by atoms with E-state index in [1.165, 1.54) is 11.3 Å². The number of fused-ring (bicyclic) bond motifs is 1. The second kappa shape index (κ2) is 3.51. The normalized spacial score (nSPS) is 27.0. The summed E-state index contributed by atoms with van der Waals surface area (Å²) < 4.78 is 24.8. The summed E-state index contributed by atoms with van der Waals surface area (Å²) in [5.74, 6) is 2.01. The first-order valence-electron chi connectivity index (χ1n) is 6.05. The Balaban J connectivity index is 1.73. The lowest BCUT2D eigenvalue weighted by Gasteiger charge is -2.00. The molecule has 0 amide bonds. The zero-order valence-corrected chi connectivity index (χ0v) is 11.2. The lowest BCUT2D eigenvalue weighted by atomic mass is 10.1. The Kier molecular flexibility index (Phi) is 2.12. The van der Waals surface area contributed by atoms with E-state index in [0.29, 0.717) is 12.3 Å². The first kappa shape index (κ1) is 10.9. The SMILES string of the molecule is O=S1(=O)CCC(c2nn3c(C4CC4)nnc3s2)C1. The first-order chi connectivity index (χ1) is 8.62. The molecule has 4 rings (SSSR count). The Morgan fingerprint density at radius 1 is 1.17 bits per heavy atom. The number of rotatable bonds is 2. The first-order valence-corrected chi connectivity index (χ1v) is 8.69. The average Bonchev–Trinajstić information content (AvgIpc) is 2.79. The molecular weight excluding hydrogens is 272 g/mol. The monoisotopic (exact) mass is 284 g/mol. The van der Waals surface area contributed by atoms with Crippen LogP contribution in [-0.2, 0) is 9.84 Å². The molecule has 96 valence electrons. The van der Waals surface area contributed by atoms with Crippen LogP contribution < -0.4 is 0 Å². The second-order valence-electron chi connectivity index (χ2n) is 5.07. The van der Waals surface area contributed by atoms with Gasteiger partial charge in [0.15, 0.2) is 15.7 Å². The molecule has 1 atom stereocenters. The van der Waals surface area contributed by atoms with Gasteiger partial charge in [0.1, 0.15) is 5.01 Å². The minimum atomic E-state index is -2.86. The number of sulfone groups is 1. The van der Waals surface area contributed by atoms with Crippen LogP contribution in [0.3, 0.4) is 0 Å². The van der Waals surface area contributed by atoms with Gasteiger partial charge in [-0.15, -0.1) is 10.2 Å². The van der Waals surface area contributed by atoms with Gasteiger partial charge in [0.05, 0.1) is 11.5 Å². The molecule has 1 aliphatic carbocycles. The highest BCUT2D eigenvalue weighted by Gasteiger charge is 2.34. The van der Waals surface area contributed by atoms with Crippen molar-refractivity contribution in [3.05, 3.63) is 10.8 Å². The van der Waals surface area contributed by atoms with Crippen LogP contribution >= 0.6 is 11.3 Å². The van der Waals surface area contributed by atoms with E-state index in [4.69, 9.17) is 0 Å². The van der Waals surface area contributed by atoms with Crippen LogP contribution in [0.15, 0.2) is 0 Å². The van der Waals surface area contributed by atoms with Crippen molar-refractivity contribution in [2.45, 2.75) is 31.1 Å². The van der Waals surface area contributed by atoms with Gasteiger partial charge < -0.3 is 0 Å². The minimum Gasteiger partial charge on any atom is -0.229 e. The summed E-state index contributed by atoms with van der Waals surface area (Å²) in [4.78, 5) is 0.788. The summed E-state index contributed by atoms with van der Waals surface area (Å²) in [7, 11) is -2.86. The van der Waals surface area contributed by atoms with E-state index >= 15 is 0 Å². The van der Waals surface area contributed by atoms with E-state index in [1.807, 2.05) is 4.52 Å². The molecule has 0 N–H and O–H groups in total. The minimum absolute atomic E-state index is 0.0498. The number of aromatic nitrogens is 4. The van der Waals surface area contributed by atoms with Crippen molar-refractivity contribution >= 4 is 26.1 Å². The van der Waals surface area contributed by atoms with E-state index in [-0.39, 0.29) is 17.4 Å². The van der Waals surface area contributed by atoms with Crippen molar-refractivity contribution < 1.29 is 8.42 Å². The van der Waals surface area contributed by atoms with E-state index in [0.717, 1.165) is 28.6 Å². The quantitative estimate of drug-likeness (QED) is 0.821. The highest BCUT2D eigenvalue weighted by atomic mass is 32.2. The topological polar surface area (TPSA) is 77.2 Å². The van der Waals surface area contributed by atoms with Crippen molar-refractivity contribution in [1.82, 2.24) is 19.8 Å². The maximum atomic E-state index is 11.5. The van der Waals surface area contributed by atoms with Crippen LogP contribution in [-0.4, -0.2) is 39.7 Å². The molecule has 0 aromatic carbocycles. The highest BCUT2D eigenvalue weighted by molar-refractivity contribution is 7.91. The Hall–Kier alpha value is -1.02. The van der Waals surface area contributed by atoms with Gasteiger partial charge in [0.25, 0.3) is 0 Å². The largest absolute Gasteiger partial charge is 0.234 e. The highest BCUT2D eigenvalue weighted by Crippen LogP contribution is 2.40. The molecule has 1 aliphatic heterocycles. The molecule has 2 aromatic rings. The summed E-state index contributed by atoms with van der Waals surface area (Å²) in [6.45, 7) is 0. The third kappa shape index (κ3) is 1.66. The molecule has 1 saturated heterocycles. The molecule has 3 heterocycles. The van der Waals surface area contributed by atoms with Crippen LogP contribution in [0.4, 0.5) is 0 Å². The summed E-state index contributed by atoms with van der Waals surface area (Å²) in [5, 5.41) is 13.7. The second-order valence-corrected chi connectivity index (χ2v) is 8.28. The molecule has 1 saturated carbocycles. The van der Waals surface area contributed by atoms with Crippen LogP contribution in [0.25, 0.3) is 4.96 Å². The van der Waals surface area contributed by atoms with Crippen molar-refractivity contribution in [3.8, 4) is 0 Å². The summed E-state index contributed by atoms with van der Waals surface area (Å²) in [6.07, 6.45) is 3.00. The maximum Gasteiger partial charge on any atom is 0.234 e. The fraction of sp³-hybridized carbons (Fsp3) is 0.700. The van der Waals surface area contributed by atoms with Gasteiger partial charge in [-0.25, -0.2) is 8.42 Å². The third-order valence-electron chi connectivity index (χ3n) is 3.55. The maximum absolute atomic E-state index is 11.5. The van der Waals surface area contributed by atoms with E-state index in [2.05, 4.69) is 15.3 Å². The van der Waals surface area contributed by atoms with Gasteiger partial charge in [0.2, 0.25) is 4.96 Å². The van der Waals surface area contributed by atoms with Crippen molar-refractivity contribution in [3.63, 3.8) is 0 Å². The zero-order chi connectivity index (χ0) is 12.3. The van der Waals surface area contributed by atoms with Gasteiger partial charge in [-0.1, -0.05) is 11.3 Å². The van der Waals surface area contributed by atoms with Gasteiger partial charge in [-0.05, 0) is 19.3 Å². The molecule has 2 fully saturated rings. The Morgan fingerprint density at radius 2 is 2.00 bits per heavy atom. The molecule has 0 spiro atoms. The van der Waals surface area contributed by atoms with E-state index in [9.17, 15) is 8.42 Å². The predicted octanol–water partition coefficient (Wildman–Crippen LogP) is 0.965. The molecule has 8 heteroatoms. The average molecular weight is 284 g/mol. The van der Waals surface area contributed by atoms with Gasteiger partial charge in [0, 0.05) is 11.8 Å². The molecule has 6 nitrogen and oxygen atoms in total. The fourth-order valence-corrected chi connectivity index (χ4v) is 5.23. The number of hydrogen-bond donors (Lipinski definition) is 0. The van der Waals surface area contributed by atoms with Gasteiger partial charge in [-0.3, -0.25) is 0 Å². The predicted molar refractivity (Wildman–Crippen MR) is 66.6 cm³/mol. The molecule has 0 radical (unpaired) electrons. The lowest BCUT2D eigenvalue weighted by molar-refractivity contribution is 0.601. The van der Waals surface area contributed by atoms with Crippen LogP contribution in [0.5, 0.6) is 0 Å². The molecular formula is C10H12N4O2S2. The lowest BCUT2D eigenvalue weighted by Crippen LogP contribution is -2.04. The van der Waals surface area contributed by atoms with Gasteiger partial charge >= 0.3 is 0 Å². The van der Waals surface area contributed by atoms with Crippen LogP contribution in [0.1, 0.15) is 41.9 Å². The van der Waals surface area contributed by atoms with Crippen LogP contribution in [0.2, 0.25) is 0 Å². The smallest absolute Gasteiger partial charge is 0.229 e. The van der Waals surface area contributed by atoms with Crippen molar-refractivity contribution in [2.24, 2.45) is 0 Å². The Morgan fingerprint density at radius 3 is 2.67 bits per heavy atom. The summed E-state index contributed by atoms with van der Waals surface area (Å²) in [6, 6.07) is 0. The molecule has 18 heavy (non-hydrogen) atoms. The van der Waals surface area contributed by atoms with Crippen molar-refractivity contribution in [2.75, 3.05) is 11.5 Å². The zero-order valence-electron chi connectivity index (χ0n) is 9.61. The van der Waals surface area contributed by atoms with Gasteiger partial charge in [-0.2, -0.15) is 9.61 Å². The summed E-state index contributed by atoms with van der Waals surface area (Å²) in [5.41, 5.74) is 0. The molecule has 1 unspecified atom stereocenters. The van der Waals surface area contributed by atoms with Crippen molar-refractivity contribution in [1.29, 1.82) is 0 Å². The Bertz CT molecular complexity index is 713. The Labute approximate surface area is 108 Å². The van der Waals surface area contributed by atoms with E-state index < -0.39 is 9.84 Å². The molecule has 2 aromatic heterocycles.